The number of nitrogens with zero attached hydrogens (tertiary/aromatic N) is 3. The fourth-order valence-electron chi connectivity index (χ4n) is 2.93. The molecule has 1 atom stereocenters. The summed E-state index contributed by atoms with van der Waals surface area (Å²) in [6.07, 6.45) is 0. The minimum atomic E-state index is -0.695. The normalized spacial score (nSPS) is 16.4. The molecule has 2 aromatic rings. The van der Waals surface area contributed by atoms with Crippen LogP contribution in [0.4, 0.5) is 16.2 Å². The quantitative estimate of drug-likeness (QED) is 0.846. The number of imide groups is 1. The number of anilines is 2. The van der Waals surface area contributed by atoms with E-state index in [-0.39, 0.29) is 0 Å². The summed E-state index contributed by atoms with van der Waals surface area (Å²) in [4.78, 5) is 39.9. The average molecular weight is 362 g/mol. The van der Waals surface area contributed by atoms with E-state index >= 15 is 0 Å². The Morgan fingerprint density at radius 1 is 1.15 bits per heavy atom. The summed E-state index contributed by atoms with van der Waals surface area (Å²) < 4.78 is 0. The maximum atomic E-state index is 12.7. The molecule has 3 rings (SSSR count). The first-order chi connectivity index (χ1) is 12.9. The molecule has 0 aliphatic carbocycles. The van der Waals surface area contributed by atoms with Crippen molar-refractivity contribution in [2.45, 2.75) is 19.9 Å². The van der Waals surface area contributed by atoms with Gasteiger partial charge in [-0.05, 0) is 38.1 Å². The molecule has 0 spiro atoms. The van der Waals surface area contributed by atoms with Crippen molar-refractivity contribution in [3.8, 4) is 6.07 Å². The largest absolute Gasteiger partial charge is 0.332 e. The Labute approximate surface area is 156 Å². The van der Waals surface area contributed by atoms with E-state index in [1.807, 2.05) is 25.1 Å². The average Bonchev–Trinajstić information content (AvgIpc) is 2.86. The van der Waals surface area contributed by atoms with Gasteiger partial charge >= 0.3 is 6.03 Å². The van der Waals surface area contributed by atoms with Crippen LogP contribution in [0.15, 0.2) is 48.5 Å². The Morgan fingerprint density at radius 3 is 2.48 bits per heavy atom. The lowest BCUT2D eigenvalue weighted by Gasteiger charge is -2.19. The second kappa shape index (κ2) is 7.30. The number of carbonyl (C=O) groups is 3. The molecule has 27 heavy (non-hydrogen) atoms. The van der Waals surface area contributed by atoms with Crippen molar-refractivity contribution >= 4 is 29.2 Å². The fraction of sp³-hybridized carbons (Fsp3) is 0.200. The van der Waals surface area contributed by atoms with E-state index in [0.717, 1.165) is 10.5 Å². The summed E-state index contributed by atoms with van der Waals surface area (Å²) in [7, 11) is 0. The number of para-hydroxylation sites is 1. The first-order valence-electron chi connectivity index (χ1n) is 8.42. The standard InChI is InChI=1S/C20H18N4O3/c1-13-7-9-16(10-8-13)24-14(2)19(26)23(20(24)27)12-18(25)22-17-6-4-3-5-15(17)11-21/h3-10,14H,12H2,1-2H3,(H,22,25)/t14-/m0/s1. The van der Waals surface area contributed by atoms with Crippen LogP contribution < -0.4 is 10.2 Å². The second-order valence-electron chi connectivity index (χ2n) is 6.29. The summed E-state index contributed by atoms with van der Waals surface area (Å²) in [6.45, 7) is 3.15. The molecule has 0 aromatic heterocycles. The molecule has 1 N–H and O–H groups in total. The van der Waals surface area contributed by atoms with Gasteiger partial charge in [-0.3, -0.25) is 19.4 Å². The van der Waals surface area contributed by atoms with Crippen LogP contribution in [0.1, 0.15) is 18.1 Å². The highest BCUT2D eigenvalue weighted by molar-refractivity contribution is 6.16. The number of carbonyl (C=O) groups excluding carboxylic acids is 3. The predicted octanol–water partition coefficient (Wildman–Crippen LogP) is 2.66. The number of aryl methyl sites for hydroxylation is 1. The maximum absolute atomic E-state index is 12.7. The molecule has 136 valence electrons. The highest BCUT2D eigenvalue weighted by Gasteiger charge is 2.44. The molecule has 1 heterocycles. The molecule has 1 aliphatic rings. The Balaban J connectivity index is 1.76. The van der Waals surface area contributed by atoms with E-state index in [1.165, 1.54) is 4.90 Å². The summed E-state index contributed by atoms with van der Waals surface area (Å²) >= 11 is 0. The van der Waals surface area contributed by atoms with E-state index in [2.05, 4.69) is 5.32 Å². The van der Waals surface area contributed by atoms with Crippen LogP contribution in [0.2, 0.25) is 0 Å². The molecule has 4 amide bonds. The van der Waals surface area contributed by atoms with Crippen LogP contribution >= 0.6 is 0 Å². The monoisotopic (exact) mass is 362 g/mol. The van der Waals surface area contributed by atoms with E-state index < -0.39 is 30.4 Å². The molecule has 0 radical (unpaired) electrons. The van der Waals surface area contributed by atoms with E-state index in [0.29, 0.717) is 16.9 Å². The molecule has 0 unspecified atom stereocenters. The van der Waals surface area contributed by atoms with Gasteiger partial charge in [0.2, 0.25) is 5.91 Å². The number of hydrogen-bond acceptors (Lipinski definition) is 4. The van der Waals surface area contributed by atoms with Gasteiger partial charge in [-0.25, -0.2) is 4.79 Å². The Kier molecular flexibility index (Phi) is 4.90. The van der Waals surface area contributed by atoms with Gasteiger partial charge in [0, 0.05) is 5.69 Å². The molecular weight excluding hydrogens is 344 g/mol. The number of nitrogens with one attached hydrogen (secondary N) is 1. The van der Waals surface area contributed by atoms with E-state index in [9.17, 15) is 14.4 Å². The molecule has 2 aromatic carbocycles. The van der Waals surface area contributed by atoms with Gasteiger partial charge in [-0.15, -0.1) is 0 Å². The number of benzene rings is 2. The zero-order chi connectivity index (χ0) is 19.6. The van der Waals surface area contributed by atoms with Gasteiger partial charge < -0.3 is 5.32 Å². The Hall–Kier alpha value is -3.66. The first-order valence-corrected chi connectivity index (χ1v) is 8.42. The molecule has 7 heteroatoms. The number of urea groups is 1. The molecule has 1 fully saturated rings. The zero-order valence-electron chi connectivity index (χ0n) is 15.0. The summed E-state index contributed by atoms with van der Waals surface area (Å²) in [6, 6.07) is 14.5. The lowest BCUT2D eigenvalue weighted by molar-refractivity contribution is -0.130. The number of hydrogen-bond donors (Lipinski definition) is 1. The minimum Gasteiger partial charge on any atom is -0.323 e. The lowest BCUT2D eigenvalue weighted by Crippen LogP contribution is -2.39. The first kappa shape index (κ1) is 18.1. The van der Waals surface area contributed by atoms with Crippen molar-refractivity contribution in [2.24, 2.45) is 0 Å². The number of rotatable bonds is 4. The third kappa shape index (κ3) is 3.51. The fourth-order valence-corrected chi connectivity index (χ4v) is 2.93. The third-order valence-corrected chi connectivity index (χ3v) is 4.38. The highest BCUT2D eigenvalue weighted by atomic mass is 16.2. The van der Waals surface area contributed by atoms with Gasteiger partial charge in [0.1, 0.15) is 18.7 Å². The van der Waals surface area contributed by atoms with Crippen LogP contribution in [0.3, 0.4) is 0 Å². The molecule has 0 bridgehead atoms. The predicted molar refractivity (Wildman–Crippen MR) is 100 cm³/mol. The van der Waals surface area contributed by atoms with Crippen molar-refractivity contribution in [1.29, 1.82) is 5.26 Å². The topological polar surface area (TPSA) is 93.5 Å². The summed E-state index contributed by atoms with van der Waals surface area (Å²) in [5.41, 5.74) is 2.29. The van der Waals surface area contributed by atoms with Gasteiger partial charge in [0.25, 0.3) is 5.91 Å². The van der Waals surface area contributed by atoms with Gasteiger partial charge in [0.15, 0.2) is 0 Å². The maximum Gasteiger partial charge on any atom is 0.332 e. The lowest BCUT2D eigenvalue weighted by atomic mass is 10.2. The molecule has 1 saturated heterocycles. The third-order valence-electron chi connectivity index (χ3n) is 4.38. The second-order valence-corrected chi connectivity index (χ2v) is 6.29. The van der Waals surface area contributed by atoms with Crippen LogP contribution in [0.25, 0.3) is 0 Å². The summed E-state index contributed by atoms with van der Waals surface area (Å²) in [5.74, 6) is -0.985. The number of nitriles is 1. The van der Waals surface area contributed by atoms with E-state index in [1.54, 1.807) is 43.3 Å². The summed E-state index contributed by atoms with van der Waals surface area (Å²) in [5, 5.41) is 11.7. The van der Waals surface area contributed by atoms with E-state index in [4.69, 9.17) is 5.26 Å². The molecular formula is C20H18N4O3. The van der Waals surface area contributed by atoms with Crippen molar-refractivity contribution in [3.63, 3.8) is 0 Å². The van der Waals surface area contributed by atoms with Crippen molar-refractivity contribution < 1.29 is 14.4 Å². The van der Waals surface area contributed by atoms with Gasteiger partial charge in [0.05, 0.1) is 11.3 Å². The smallest absolute Gasteiger partial charge is 0.323 e. The van der Waals surface area contributed by atoms with Crippen molar-refractivity contribution in [3.05, 3.63) is 59.7 Å². The number of amides is 4. The highest BCUT2D eigenvalue weighted by Crippen LogP contribution is 2.26. The molecule has 0 saturated carbocycles. The molecule has 1 aliphatic heterocycles. The SMILES string of the molecule is Cc1ccc(N2C(=O)N(CC(=O)Nc3ccccc3C#N)C(=O)[C@@H]2C)cc1. The minimum absolute atomic E-state index is 0.305. The van der Waals surface area contributed by atoms with Crippen molar-refractivity contribution in [1.82, 2.24) is 4.90 Å². The van der Waals surface area contributed by atoms with Gasteiger partial charge in [-0.1, -0.05) is 29.8 Å². The van der Waals surface area contributed by atoms with Crippen molar-refractivity contribution in [2.75, 3.05) is 16.8 Å². The zero-order valence-corrected chi connectivity index (χ0v) is 15.0. The van der Waals surface area contributed by atoms with Crippen LogP contribution in [0, 0.1) is 18.3 Å². The van der Waals surface area contributed by atoms with Crippen LogP contribution in [-0.2, 0) is 9.59 Å². The Morgan fingerprint density at radius 2 is 1.81 bits per heavy atom. The van der Waals surface area contributed by atoms with Gasteiger partial charge in [-0.2, -0.15) is 5.26 Å². The molecule has 7 nitrogen and oxygen atoms in total. The Bertz CT molecular complexity index is 946. The van der Waals surface area contributed by atoms with Crippen LogP contribution in [0.5, 0.6) is 0 Å². The van der Waals surface area contributed by atoms with Crippen LogP contribution in [-0.4, -0.2) is 35.3 Å².